The van der Waals surface area contributed by atoms with Gasteiger partial charge in [-0.25, -0.2) is 0 Å². The predicted octanol–water partition coefficient (Wildman–Crippen LogP) is 1.81. The van der Waals surface area contributed by atoms with Crippen molar-refractivity contribution >= 4 is 0 Å². The lowest BCUT2D eigenvalue weighted by molar-refractivity contribution is 0.0807. The Kier molecular flexibility index (Phi) is 6.11. The van der Waals surface area contributed by atoms with Crippen molar-refractivity contribution in [2.24, 2.45) is 0 Å². The number of nitrogens with one attached hydrogen (secondary N) is 1. The van der Waals surface area contributed by atoms with Gasteiger partial charge in [-0.3, -0.25) is 4.68 Å². The summed E-state index contributed by atoms with van der Waals surface area (Å²) in [6, 6.07) is 0. The molecule has 0 aromatic carbocycles. The molecule has 4 nitrogen and oxygen atoms in total. The van der Waals surface area contributed by atoms with Crippen LogP contribution in [0, 0.1) is 0 Å². The molecular formula is C12H23N3O. The van der Waals surface area contributed by atoms with Gasteiger partial charge in [-0.2, -0.15) is 5.10 Å². The molecule has 1 aromatic rings. The number of aromatic nitrogens is 2. The van der Waals surface area contributed by atoms with Gasteiger partial charge < -0.3 is 10.1 Å². The quantitative estimate of drug-likeness (QED) is 0.686. The molecule has 0 radical (unpaired) electrons. The Morgan fingerprint density at radius 1 is 1.50 bits per heavy atom. The van der Waals surface area contributed by atoms with E-state index in [0.29, 0.717) is 6.10 Å². The largest absolute Gasteiger partial charge is 0.377 e. The minimum Gasteiger partial charge on any atom is -0.377 e. The van der Waals surface area contributed by atoms with Crippen LogP contribution in [0.15, 0.2) is 12.4 Å². The van der Waals surface area contributed by atoms with Crippen LogP contribution in [-0.2, 0) is 17.8 Å². The molecule has 1 rings (SSSR count). The van der Waals surface area contributed by atoms with Crippen LogP contribution in [0.4, 0.5) is 0 Å². The van der Waals surface area contributed by atoms with Crippen LogP contribution in [0.2, 0.25) is 0 Å². The highest BCUT2D eigenvalue weighted by Gasteiger charge is 1.97. The fourth-order valence-corrected chi connectivity index (χ4v) is 1.45. The summed E-state index contributed by atoms with van der Waals surface area (Å²) in [4.78, 5) is 0. The molecule has 0 unspecified atom stereocenters. The second-order valence-electron chi connectivity index (χ2n) is 4.21. The van der Waals surface area contributed by atoms with E-state index in [9.17, 15) is 0 Å². The molecule has 0 saturated heterocycles. The molecule has 0 atom stereocenters. The van der Waals surface area contributed by atoms with Crippen molar-refractivity contribution in [2.75, 3.05) is 13.2 Å². The summed E-state index contributed by atoms with van der Waals surface area (Å²) in [5.41, 5.74) is 1.23. The standard InChI is InChI=1S/C12H23N3O/c1-4-6-15-10-12(9-14-15)8-13-5-7-16-11(2)3/h9-11,13H,4-8H2,1-3H3. The van der Waals surface area contributed by atoms with E-state index < -0.39 is 0 Å². The van der Waals surface area contributed by atoms with E-state index in [0.717, 1.165) is 32.7 Å². The normalized spacial score (nSPS) is 11.2. The summed E-state index contributed by atoms with van der Waals surface area (Å²) >= 11 is 0. The summed E-state index contributed by atoms with van der Waals surface area (Å²) in [6.45, 7) is 9.77. The van der Waals surface area contributed by atoms with E-state index in [4.69, 9.17) is 4.74 Å². The molecule has 0 aliphatic carbocycles. The van der Waals surface area contributed by atoms with E-state index in [1.807, 2.05) is 10.9 Å². The average Bonchev–Trinajstić information content (AvgIpc) is 2.65. The molecule has 16 heavy (non-hydrogen) atoms. The highest BCUT2D eigenvalue weighted by atomic mass is 16.5. The van der Waals surface area contributed by atoms with Crippen LogP contribution in [0.5, 0.6) is 0 Å². The monoisotopic (exact) mass is 225 g/mol. The first-order valence-corrected chi connectivity index (χ1v) is 6.06. The second-order valence-corrected chi connectivity index (χ2v) is 4.21. The van der Waals surface area contributed by atoms with E-state index >= 15 is 0 Å². The highest BCUT2D eigenvalue weighted by Crippen LogP contribution is 1.98. The van der Waals surface area contributed by atoms with E-state index in [-0.39, 0.29) is 0 Å². The molecule has 0 aliphatic heterocycles. The van der Waals surface area contributed by atoms with Gasteiger partial charge in [0, 0.05) is 31.4 Å². The Morgan fingerprint density at radius 3 is 3.00 bits per heavy atom. The zero-order valence-corrected chi connectivity index (χ0v) is 10.6. The maximum absolute atomic E-state index is 5.44. The lowest BCUT2D eigenvalue weighted by atomic mass is 10.3. The molecule has 92 valence electrons. The predicted molar refractivity (Wildman–Crippen MR) is 65.3 cm³/mol. The number of aryl methyl sites for hydroxylation is 1. The van der Waals surface area contributed by atoms with Crippen LogP contribution >= 0.6 is 0 Å². The molecular weight excluding hydrogens is 202 g/mol. The lowest BCUT2D eigenvalue weighted by Gasteiger charge is -2.07. The van der Waals surface area contributed by atoms with Crippen molar-refractivity contribution in [3.8, 4) is 0 Å². The first-order valence-electron chi connectivity index (χ1n) is 6.06. The van der Waals surface area contributed by atoms with Gasteiger partial charge >= 0.3 is 0 Å². The van der Waals surface area contributed by atoms with E-state index in [1.54, 1.807) is 0 Å². The SMILES string of the molecule is CCCn1cc(CNCCOC(C)C)cn1. The minimum atomic E-state index is 0.314. The Morgan fingerprint density at radius 2 is 2.31 bits per heavy atom. The van der Waals surface area contributed by atoms with Crippen LogP contribution in [0.25, 0.3) is 0 Å². The van der Waals surface area contributed by atoms with Gasteiger partial charge in [0.2, 0.25) is 0 Å². The van der Waals surface area contributed by atoms with Crippen molar-refractivity contribution in [1.29, 1.82) is 0 Å². The molecule has 0 fully saturated rings. The molecule has 1 heterocycles. The Labute approximate surface area is 98.0 Å². The first kappa shape index (κ1) is 13.2. The van der Waals surface area contributed by atoms with Gasteiger partial charge in [-0.05, 0) is 20.3 Å². The number of ether oxygens (including phenoxy) is 1. The summed E-state index contributed by atoms with van der Waals surface area (Å²) in [5, 5.41) is 7.61. The zero-order chi connectivity index (χ0) is 11.8. The fourth-order valence-electron chi connectivity index (χ4n) is 1.45. The van der Waals surface area contributed by atoms with Crippen LogP contribution in [0.3, 0.4) is 0 Å². The van der Waals surface area contributed by atoms with Gasteiger partial charge in [0.15, 0.2) is 0 Å². The van der Waals surface area contributed by atoms with Crippen LogP contribution in [0.1, 0.15) is 32.8 Å². The molecule has 4 heteroatoms. The van der Waals surface area contributed by atoms with Gasteiger partial charge in [0.05, 0.1) is 18.9 Å². The average molecular weight is 225 g/mol. The molecule has 0 bridgehead atoms. The summed E-state index contributed by atoms with van der Waals surface area (Å²) in [7, 11) is 0. The van der Waals surface area contributed by atoms with Gasteiger partial charge in [-0.15, -0.1) is 0 Å². The Balaban J connectivity index is 2.12. The topological polar surface area (TPSA) is 39.1 Å². The van der Waals surface area contributed by atoms with E-state index in [2.05, 4.69) is 37.4 Å². The minimum absolute atomic E-state index is 0.314. The van der Waals surface area contributed by atoms with Crippen molar-refractivity contribution in [3.63, 3.8) is 0 Å². The van der Waals surface area contributed by atoms with Gasteiger partial charge in [0.1, 0.15) is 0 Å². The molecule has 1 aromatic heterocycles. The molecule has 0 aliphatic rings. The molecule has 0 amide bonds. The summed E-state index contributed by atoms with van der Waals surface area (Å²) in [6.07, 6.45) is 5.46. The highest BCUT2D eigenvalue weighted by molar-refractivity contribution is 5.03. The third kappa shape index (κ3) is 5.28. The van der Waals surface area contributed by atoms with E-state index in [1.165, 1.54) is 5.56 Å². The third-order valence-corrected chi connectivity index (χ3v) is 2.20. The van der Waals surface area contributed by atoms with Crippen molar-refractivity contribution < 1.29 is 4.74 Å². The van der Waals surface area contributed by atoms with Gasteiger partial charge in [-0.1, -0.05) is 6.92 Å². The number of hydrogen-bond donors (Lipinski definition) is 1. The van der Waals surface area contributed by atoms with Gasteiger partial charge in [0.25, 0.3) is 0 Å². The maximum Gasteiger partial charge on any atom is 0.0594 e. The number of nitrogens with zero attached hydrogens (tertiary/aromatic N) is 2. The molecule has 1 N–H and O–H groups in total. The molecule has 0 spiro atoms. The zero-order valence-electron chi connectivity index (χ0n) is 10.6. The second kappa shape index (κ2) is 7.41. The van der Waals surface area contributed by atoms with Crippen molar-refractivity contribution in [2.45, 2.75) is 46.4 Å². The van der Waals surface area contributed by atoms with Crippen LogP contribution < -0.4 is 5.32 Å². The Hall–Kier alpha value is -0.870. The van der Waals surface area contributed by atoms with Crippen molar-refractivity contribution in [1.82, 2.24) is 15.1 Å². The summed E-state index contributed by atoms with van der Waals surface area (Å²) < 4.78 is 7.43. The summed E-state index contributed by atoms with van der Waals surface area (Å²) in [5.74, 6) is 0. The first-order chi connectivity index (χ1) is 7.72. The number of rotatable bonds is 8. The third-order valence-electron chi connectivity index (χ3n) is 2.20. The lowest BCUT2D eigenvalue weighted by Crippen LogP contribution is -2.20. The number of hydrogen-bond acceptors (Lipinski definition) is 3. The van der Waals surface area contributed by atoms with Crippen LogP contribution in [-0.4, -0.2) is 29.0 Å². The Bertz CT molecular complexity index is 284. The fraction of sp³-hybridized carbons (Fsp3) is 0.750. The molecule has 0 saturated carbocycles. The maximum atomic E-state index is 5.44. The van der Waals surface area contributed by atoms with Crippen molar-refractivity contribution in [3.05, 3.63) is 18.0 Å². The smallest absolute Gasteiger partial charge is 0.0594 e.